The second-order valence-electron chi connectivity index (χ2n) is 3.94. The Morgan fingerprint density at radius 1 is 1.53 bits per heavy atom. The second kappa shape index (κ2) is 5.21. The van der Waals surface area contributed by atoms with Crippen LogP contribution < -0.4 is 11.4 Å². The van der Waals surface area contributed by atoms with Crippen molar-refractivity contribution in [2.45, 2.75) is 24.2 Å². The van der Waals surface area contributed by atoms with Gasteiger partial charge >= 0.3 is 5.69 Å². The van der Waals surface area contributed by atoms with Gasteiger partial charge < -0.3 is 36.4 Å². The van der Waals surface area contributed by atoms with E-state index in [-0.39, 0.29) is 11.3 Å². The first-order valence-electron chi connectivity index (χ1n) is 5.13. The van der Waals surface area contributed by atoms with E-state index in [1.165, 1.54) is 6.07 Å². The Morgan fingerprint density at radius 3 is 2.63 bits per heavy atom. The molecule has 10 heteroatoms. The average molecular weight is 277 g/mol. The third-order valence-corrected chi connectivity index (χ3v) is 2.76. The topological polar surface area (TPSA) is 183 Å². The van der Waals surface area contributed by atoms with Crippen LogP contribution in [0.2, 0.25) is 0 Å². The second-order valence-corrected chi connectivity index (χ2v) is 3.94. The van der Waals surface area contributed by atoms with Gasteiger partial charge in [0.15, 0.2) is 6.10 Å². The van der Waals surface area contributed by atoms with Crippen LogP contribution in [0.3, 0.4) is 0 Å². The van der Waals surface area contributed by atoms with Crippen molar-refractivity contribution < 1.29 is 30.6 Å². The van der Waals surface area contributed by atoms with Gasteiger partial charge in [-0.3, -0.25) is 0 Å². The van der Waals surface area contributed by atoms with Gasteiger partial charge in [0.05, 0.1) is 6.61 Å². The lowest BCUT2D eigenvalue weighted by Gasteiger charge is -2.27. The number of aliphatic hydroxyl groups is 4. The van der Waals surface area contributed by atoms with E-state index in [2.05, 4.69) is 4.98 Å². The Balaban J connectivity index is 0.00000180. The third-order valence-electron chi connectivity index (χ3n) is 2.76. The predicted molar refractivity (Wildman–Crippen MR) is 60.7 cm³/mol. The molecule has 0 amide bonds. The zero-order chi connectivity index (χ0) is 13.5. The van der Waals surface area contributed by atoms with Crippen LogP contribution in [0.25, 0.3) is 0 Å². The molecule has 0 radical (unpaired) electrons. The highest BCUT2D eigenvalue weighted by Gasteiger charge is 2.55. The smallest absolute Gasteiger partial charge is 0.353 e. The molecule has 4 atom stereocenters. The SMILES string of the molecule is Nc1ccn([C@]2(O)O[C@H](CO)[C@@H](O)[C@H]2O)c(=O)n1.O. The van der Waals surface area contributed by atoms with Crippen molar-refractivity contribution in [3.8, 4) is 0 Å². The lowest BCUT2D eigenvalue weighted by molar-refractivity contribution is -0.291. The minimum Gasteiger partial charge on any atom is -0.412 e. The molecular weight excluding hydrogens is 262 g/mol. The number of rotatable bonds is 2. The normalized spacial score (nSPS) is 34.0. The van der Waals surface area contributed by atoms with E-state index in [9.17, 15) is 20.1 Å². The summed E-state index contributed by atoms with van der Waals surface area (Å²) >= 11 is 0. The third kappa shape index (κ3) is 2.32. The highest BCUT2D eigenvalue weighted by molar-refractivity contribution is 5.23. The molecule has 0 unspecified atom stereocenters. The number of nitrogens with zero attached hydrogens (tertiary/aromatic N) is 2. The van der Waals surface area contributed by atoms with Crippen LogP contribution in [0.1, 0.15) is 0 Å². The fourth-order valence-corrected chi connectivity index (χ4v) is 1.79. The molecule has 2 rings (SSSR count). The van der Waals surface area contributed by atoms with Gasteiger partial charge in [-0.15, -0.1) is 0 Å². The number of hydrogen-bond acceptors (Lipinski definition) is 8. The summed E-state index contributed by atoms with van der Waals surface area (Å²) in [4.78, 5) is 14.9. The Bertz CT molecular complexity index is 507. The first kappa shape index (κ1) is 15.5. The molecule has 1 saturated heterocycles. The zero-order valence-electron chi connectivity index (χ0n) is 9.67. The molecule has 0 saturated carbocycles. The van der Waals surface area contributed by atoms with Crippen LogP contribution in [0, 0.1) is 0 Å². The van der Waals surface area contributed by atoms with Crippen LogP contribution in [0.4, 0.5) is 5.82 Å². The maximum atomic E-state index is 11.6. The van der Waals surface area contributed by atoms with E-state index in [0.717, 1.165) is 6.20 Å². The van der Waals surface area contributed by atoms with Crippen LogP contribution in [-0.2, 0) is 10.6 Å². The summed E-state index contributed by atoms with van der Waals surface area (Å²) in [5.41, 5.74) is 4.33. The van der Waals surface area contributed by atoms with E-state index in [4.69, 9.17) is 15.6 Å². The molecule has 108 valence electrons. The molecule has 1 aromatic heterocycles. The fourth-order valence-electron chi connectivity index (χ4n) is 1.79. The summed E-state index contributed by atoms with van der Waals surface area (Å²) in [7, 11) is 0. The predicted octanol–water partition coefficient (Wildman–Crippen LogP) is -4.28. The quantitative estimate of drug-likeness (QED) is 0.359. The molecule has 1 aliphatic heterocycles. The lowest BCUT2D eigenvalue weighted by Crippen LogP contribution is -2.50. The largest absolute Gasteiger partial charge is 0.412 e. The molecule has 1 aromatic rings. The number of aliphatic hydroxyl groups excluding tert-OH is 3. The van der Waals surface area contributed by atoms with Gasteiger partial charge in [0.25, 0.3) is 5.91 Å². The molecule has 10 nitrogen and oxygen atoms in total. The Morgan fingerprint density at radius 2 is 2.16 bits per heavy atom. The van der Waals surface area contributed by atoms with Crippen LogP contribution in [-0.4, -0.2) is 60.4 Å². The Labute approximate surface area is 106 Å². The van der Waals surface area contributed by atoms with E-state index < -0.39 is 36.5 Å². The van der Waals surface area contributed by atoms with Crippen molar-refractivity contribution in [1.29, 1.82) is 0 Å². The number of anilines is 1. The number of ether oxygens (including phenoxy) is 1. The van der Waals surface area contributed by atoms with Crippen LogP contribution in [0.15, 0.2) is 17.1 Å². The number of nitrogens with two attached hydrogens (primary N) is 1. The van der Waals surface area contributed by atoms with Gasteiger partial charge in [-0.05, 0) is 6.07 Å². The summed E-state index contributed by atoms with van der Waals surface area (Å²) < 4.78 is 5.51. The van der Waals surface area contributed by atoms with Crippen LogP contribution in [0.5, 0.6) is 0 Å². The summed E-state index contributed by atoms with van der Waals surface area (Å²) in [5.74, 6) is -2.56. The summed E-state index contributed by atoms with van der Waals surface area (Å²) in [5, 5.41) is 38.3. The monoisotopic (exact) mass is 277 g/mol. The first-order valence-corrected chi connectivity index (χ1v) is 5.13. The number of nitrogen functional groups attached to an aromatic ring is 1. The van der Waals surface area contributed by atoms with Crippen molar-refractivity contribution in [2.24, 2.45) is 0 Å². The Hall–Kier alpha value is -1.56. The van der Waals surface area contributed by atoms with Gasteiger partial charge in [-0.1, -0.05) is 0 Å². The number of aromatic nitrogens is 2. The van der Waals surface area contributed by atoms with Crippen molar-refractivity contribution in [2.75, 3.05) is 12.3 Å². The fraction of sp³-hybridized carbons (Fsp3) is 0.556. The minimum absolute atomic E-state index is 0. The Kier molecular flexibility index (Phi) is 4.25. The summed E-state index contributed by atoms with van der Waals surface area (Å²) in [6.07, 6.45) is -3.49. The highest BCUT2D eigenvalue weighted by Crippen LogP contribution is 2.32. The molecular formula is C9H15N3O7. The maximum Gasteiger partial charge on any atom is 0.353 e. The van der Waals surface area contributed by atoms with Gasteiger partial charge in [0, 0.05) is 6.20 Å². The molecule has 1 aliphatic rings. The number of hydrogen-bond donors (Lipinski definition) is 5. The minimum atomic E-state index is -2.50. The molecule has 19 heavy (non-hydrogen) atoms. The molecule has 1 fully saturated rings. The summed E-state index contributed by atoms with van der Waals surface area (Å²) in [6.45, 7) is -0.627. The van der Waals surface area contributed by atoms with E-state index >= 15 is 0 Å². The first-order chi connectivity index (χ1) is 8.40. The van der Waals surface area contributed by atoms with Crippen LogP contribution >= 0.6 is 0 Å². The molecule has 0 aliphatic carbocycles. The maximum absolute atomic E-state index is 11.6. The van der Waals surface area contributed by atoms with Gasteiger partial charge in [-0.2, -0.15) is 4.98 Å². The molecule has 0 aromatic carbocycles. The van der Waals surface area contributed by atoms with Gasteiger partial charge in [0.1, 0.15) is 18.0 Å². The van der Waals surface area contributed by atoms with Crippen molar-refractivity contribution in [3.63, 3.8) is 0 Å². The highest BCUT2D eigenvalue weighted by atomic mass is 16.7. The van der Waals surface area contributed by atoms with E-state index in [1.807, 2.05) is 0 Å². The lowest BCUT2D eigenvalue weighted by atomic mass is 10.1. The van der Waals surface area contributed by atoms with Crippen molar-refractivity contribution in [1.82, 2.24) is 9.55 Å². The molecule has 0 spiro atoms. The standard InChI is InChI=1S/C9H13N3O6.H2O/c10-5-1-2-12(8(16)11-5)9(17)7(15)6(14)4(3-13)18-9;/h1-2,4,6-7,13-15,17H,3H2,(H2,10,11,16);1H2/t4-,6-,7-,9-;/m1./s1. The van der Waals surface area contributed by atoms with Gasteiger partial charge in [0.2, 0.25) is 0 Å². The van der Waals surface area contributed by atoms with E-state index in [1.54, 1.807) is 0 Å². The average Bonchev–Trinajstić information content (AvgIpc) is 2.54. The van der Waals surface area contributed by atoms with E-state index in [0.29, 0.717) is 4.57 Å². The van der Waals surface area contributed by atoms with Gasteiger partial charge in [-0.25, -0.2) is 9.36 Å². The summed E-state index contributed by atoms with van der Waals surface area (Å²) in [6, 6.07) is 1.22. The van der Waals surface area contributed by atoms with Crippen molar-refractivity contribution in [3.05, 3.63) is 22.7 Å². The van der Waals surface area contributed by atoms with Crippen molar-refractivity contribution >= 4 is 5.82 Å². The molecule has 8 N–H and O–H groups in total. The molecule has 0 bridgehead atoms. The molecule has 2 heterocycles. The zero-order valence-corrected chi connectivity index (χ0v) is 9.67.